The van der Waals surface area contributed by atoms with E-state index in [1.54, 1.807) is 21.0 Å². The molecular weight excluding hydrogens is 242 g/mol. The van der Waals surface area contributed by atoms with E-state index in [0.717, 1.165) is 29.5 Å². The maximum Gasteiger partial charge on any atom is 0.257 e. The van der Waals surface area contributed by atoms with Crippen molar-refractivity contribution in [3.8, 4) is 11.5 Å². The number of unbranched alkanes of at least 4 members (excludes halogenated alkanes) is 1. The lowest BCUT2D eigenvalue weighted by Gasteiger charge is -2.19. The molecule has 1 aromatic rings. The van der Waals surface area contributed by atoms with E-state index < -0.39 is 0 Å². The lowest BCUT2D eigenvalue weighted by atomic mass is 9.92. The van der Waals surface area contributed by atoms with Gasteiger partial charge in [-0.15, -0.1) is 0 Å². The van der Waals surface area contributed by atoms with Crippen LogP contribution < -0.4 is 0 Å². The van der Waals surface area contributed by atoms with Crippen LogP contribution in [0.15, 0.2) is 0 Å². The number of nitrogens with zero attached hydrogens (tertiary/aromatic N) is 1. The van der Waals surface area contributed by atoms with Crippen LogP contribution in [-0.2, 0) is 6.42 Å². The molecule has 0 aliphatic heterocycles. The maximum atomic E-state index is 12.1. The van der Waals surface area contributed by atoms with Crippen molar-refractivity contribution in [3.05, 3.63) is 22.3 Å². The molecule has 0 saturated carbocycles. The number of carbonyl (C=O) groups excluding carboxylic acids is 1. The number of hydrogen-bond donors (Lipinski definition) is 2. The molecule has 19 heavy (non-hydrogen) atoms. The van der Waals surface area contributed by atoms with Gasteiger partial charge >= 0.3 is 0 Å². The second kappa shape index (κ2) is 5.95. The van der Waals surface area contributed by atoms with Gasteiger partial charge in [-0.25, -0.2) is 0 Å². The summed E-state index contributed by atoms with van der Waals surface area (Å²) < 4.78 is 0. The van der Waals surface area contributed by atoms with Gasteiger partial charge < -0.3 is 15.1 Å². The molecule has 0 unspecified atom stereocenters. The van der Waals surface area contributed by atoms with Crippen molar-refractivity contribution in [2.75, 3.05) is 14.1 Å². The third-order valence-corrected chi connectivity index (χ3v) is 3.54. The summed E-state index contributed by atoms with van der Waals surface area (Å²) in [6.07, 6.45) is 2.66. The summed E-state index contributed by atoms with van der Waals surface area (Å²) in [5.41, 5.74) is 2.56. The van der Waals surface area contributed by atoms with Crippen molar-refractivity contribution < 1.29 is 15.0 Å². The van der Waals surface area contributed by atoms with Crippen LogP contribution in [0.25, 0.3) is 0 Å². The molecule has 1 aromatic carbocycles. The molecule has 4 nitrogen and oxygen atoms in total. The Morgan fingerprint density at radius 1 is 1.11 bits per heavy atom. The molecule has 0 spiro atoms. The number of aromatic hydroxyl groups is 2. The van der Waals surface area contributed by atoms with E-state index in [4.69, 9.17) is 0 Å². The zero-order valence-corrected chi connectivity index (χ0v) is 12.4. The highest BCUT2D eigenvalue weighted by Gasteiger charge is 2.24. The molecule has 106 valence electrons. The quantitative estimate of drug-likeness (QED) is 0.823. The van der Waals surface area contributed by atoms with Crippen molar-refractivity contribution in [1.82, 2.24) is 4.90 Å². The van der Waals surface area contributed by atoms with Gasteiger partial charge in [0.05, 0.1) is 5.56 Å². The number of benzene rings is 1. The van der Waals surface area contributed by atoms with Gasteiger partial charge in [-0.3, -0.25) is 4.79 Å². The average molecular weight is 265 g/mol. The predicted octanol–water partition coefficient (Wildman–Crippen LogP) is 2.76. The fourth-order valence-electron chi connectivity index (χ4n) is 2.18. The first-order valence-electron chi connectivity index (χ1n) is 6.58. The third kappa shape index (κ3) is 2.83. The molecule has 0 heterocycles. The standard InChI is InChI=1S/C15H23NO3/c1-6-7-8-11-9(2)10(3)12(14(18)13(11)17)15(19)16(4)5/h17-18H,6-8H2,1-5H3. The van der Waals surface area contributed by atoms with Gasteiger partial charge in [0.1, 0.15) is 0 Å². The van der Waals surface area contributed by atoms with Gasteiger partial charge in [0.15, 0.2) is 11.5 Å². The van der Waals surface area contributed by atoms with E-state index in [2.05, 4.69) is 6.92 Å². The number of phenolic OH excluding ortho intramolecular Hbond substituents is 2. The van der Waals surface area contributed by atoms with E-state index in [1.165, 1.54) is 4.90 Å². The van der Waals surface area contributed by atoms with Crippen LogP contribution in [0.2, 0.25) is 0 Å². The third-order valence-electron chi connectivity index (χ3n) is 3.54. The predicted molar refractivity (Wildman–Crippen MR) is 75.9 cm³/mol. The highest BCUT2D eigenvalue weighted by Crippen LogP contribution is 2.39. The molecule has 0 aliphatic rings. The van der Waals surface area contributed by atoms with Gasteiger partial charge in [0, 0.05) is 19.7 Å². The number of amides is 1. The molecule has 2 N–H and O–H groups in total. The Kier molecular flexibility index (Phi) is 4.81. The van der Waals surface area contributed by atoms with Crippen LogP contribution in [0, 0.1) is 13.8 Å². The summed E-state index contributed by atoms with van der Waals surface area (Å²) in [4.78, 5) is 13.5. The van der Waals surface area contributed by atoms with Crippen molar-refractivity contribution in [2.45, 2.75) is 40.0 Å². The Hall–Kier alpha value is -1.71. The molecular formula is C15H23NO3. The SMILES string of the molecule is CCCCc1c(C)c(C)c(C(=O)N(C)C)c(O)c1O. The van der Waals surface area contributed by atoms with E-state index in [9.17, 15) is 15.0 Å². The number of carbonyl (C=O) groups is 1. The summed E-state index contributed by atoms with van der Waals surface area (Å²) in [5.74, 6) is -0.745. The van der Waals surface area contributed by atoms with E-state index in [1.807, 2.05) is 6.92 Å². The van der Waals surface area contributed by atoms with E-state index in [-0.39, 0.29) is 23.0 Å². The van der Waals surface area contributed by atoms with Crippen LogP contribution in [-0.4, -0.2) is 35.1 Å². The van der Waals surface area contributed by atoms with Crippen molar-refractivity contribution >= 4 is 5.91 Å². The number of phenols is 2. The molecule has 0 bridgehead atoms. The number of hydrogen-bond acceptors (Lipinski definition) is 3. The van der Waals surface area contributed by atoms with Crippen LogP contribution >= 0.6 is 0 Å². The first-order valence-corrected chi connectivity index (χ1v) is 6.58. The minimum absolute atomic E-state index is 0.151. The summed E-state index contributed by atoms with van der Waals surface area (Å²) >= 11 is 0. The molecule has 4 heteroatoms. The van der Waals surface area contributed by atoms with E-state index >= 15 is 0 Å². The minimum Gasteiger partial charge on any atom is -0.504 e. The second-order valence-corrected chi connectivity index (χ2v) is 5.10. The zero-order valence-electron chi connectivity index (χ0n) is 12.4. The average Bonchev–Trinajstić information content (AvgIpc) is 2.36. The highest BCUT2D eigenvalue weighted by atomic mass is 16.3. The highest BCUT2D eigenvalue weighted by molar-refractivity contribution is 5.99. The fraction of sp³-hybridized carbons (Fsp3) is 0.533. The first-order chi connectivity index (χ1) is 8.82. The maximum absolute atomic E-state index is 12.1. The Labute approximate surface area is 114 Å². The van der Waals surface area contributed by atoms with Gasteiger partial charge in [-0.1, -0.05) is 13.3 Å². The van der Waals surface area contributed by atoms with Crippen molar-refractivity contribution in [1.29, 1.82) is 0 Å². The minimum atomic E-state index is -0.298. The van der Waals surface area contributed by atoms with Gasteiger partial charge in [0.2, 0.25) is 0 Å². The molecule has 1 amide bonds. The summed E-state index contributed by atoms with van der Waals surface area (Å²) in [5, 5.41) is 20.2. The van der Waals surface area contributed by atoms with Crippen LogP contribution in [0.5, 0.6) is 11.5 Å². The Morgan fingerprint density at radius 3 is 2.16 bits per heavy atom. The van der Waals surface area contributed by atoms with Crippen molar-refractivity contribution in [2.24, 2.45) is 0 Å². The Balaban J connectivity index is 3.43. The van der Waals surface area contributed by atoms with Crippen molar-refractivity contribution in [3.63, 3.8) is 0 Å². The summed E-state index contributed by atoms with van der Waals surface area (Å²) in [6, 6.07) is 0. The van der Waals surface area contributed by atoms with Gasteiger partial charge in [0.25, 0.3) is 5.91 Å². The summed E-state index contributed by atoms with van der Waals surface area (Å²) in [6.45, 7) is 5.76. The lowest BCUT2D eigenvalue weighted by molar-refractivity contribution is 0.0823. The molecule has 0 saturated heterocycles. The monoisotopic (exact) mass is 265 g/mol. The molecule has 0 fully saturated rings. The Bertz CT molecular complexity index is 464. The largest absolute Gasteiger partial charge is 0.504 e. The van der Waals surface area contributed by atoms with Crippen LogP contribution in [0.1, 0.15) is 46.8 Å². The Morgan fingerprint density at radius 2 is 1.68 bits per heavy atom. The smallest absolute Gasteiger partial charge is 0.257 e. The second-order valence-electron chi connectivity index (χ2n) is 5.10. The van der Waals surface area contributed by atoms with Gasteiger partial charge in [-0.05, 0) is 37.8 Å². The molecule has 1 rings (SSSR count). The van der Waals surface area contributed by atoms with Crippen LogP contribution in [0.4, 0.5) is 0 Å². The lowest BCUT2D eigenvalue weighted by Crippen LogP contribution is -2.23. The van der Waals surface area contributed by atoms with Crippen LogP contribution in [0.3, 0.4) is 0 Å². The molecule has 0 atom stereocenters. The normalized spacial score (nSPS) is 10.6. The topological polar surface area (TPSA) is 60.8 Å². The molecule has 0 radical (unpaired) electrons. The fourth-order valence-corrected chi connectivity index (χ4v) is 2.18. The zero-order chi connectivity index (χ0) is 14.7. The van der Waals surface area contributed by atoms with Gasteiger partial charge in [-0.2, -0.15) is 0 Å². The molecule has 0 aromatic heterocycles. The number of rotatable bonds is 4. The summed E-state index contributed by atoms with van der Waals surface area (Å²) in [7, 11) is 3.25. The van der Waals surface area contributed by atoms with E-state index in [0.29, 0.717) is 6.42 Å². The molecule has 0 aliphatic carbocycles. The first kappa shape index (κ1) is 15.3.